The van der Waals surface area contributed by atoms with Gasteiger partial charge in [0.2, 0.25) is 5.90 Å². The number of pyridine rings is 1. The average molecular weight is 447 g/mol. The number of aromatic nitrogens is 4. The Hall–Kier alpha value is -4.08. The van der Waals surface area contributed by atoms with Crippen molar-refractivity contribution in [1.82, 2.24) is 19.6 Å². The van der Waals surface area contributed by atoms with E-state index in [0.717, 1.165) is 25.6 Å². The Morgan fingerprint density at radius 1 is 1.42 bits per heavy atom. The summed E-state index contributed by atoms with van der Waals surface area (Å²) >= 11 is 0. The van der Waals surface area contributed by atoms with Gasteiger partial charge in [0.1, 0.15) is 29.6 Å². The van der Waals surface area contributed by atoms with Crippen molar-refractivity contribution in [2.45, 2.75) is 32.4 Å². The molecular formula is C23H22FN7O2. The number of hydrogen-bond donors (Lipinski definition) is 1. The average Bonchev–Trinajstić information content (AvgIpc) is 3.46. The fourth-order valence-electron chi connectivity index (χ4n) is 4.07. The molecule has 1 fully saturated rings. The lowest BCUT2D eigenvalue weighted by Crippen LogP contribution is -2.34. The van der Waals surface area contributed by atoms with Gasteiger partial charge in [0.25, 0.3) is 5.91 Å². The third-order valence-electron chi connectivity index (χ3n) is 5.67. The minimum Gasteiger partial charge on any atom is -0.472 e. The summed E-state index contributed by atoms with van der Waals surface area (Å²) in [5, 5.41) is 7.08. The first-order valence-electron chi connectivity index (χ1n) is 10.6. The molecule has 3 aromatic rings. The second-order valence-electron chi connectivity index (χ2n) is 7.89. The molecule has 0 radical (unpaired) electrons. The van der Waals surface area contributed by atoms with Crippen molar-refractivity contribution in [3.8, 4) is 0 Å². The van der Waals surface area contributed by atoms with Gasteiger partial charge in [0.15, 0.2) is 5.65 Å². The fourth-order valence-corrected chi connectivity index (χ4v) is 4.07. The van der Waals surface area contributed by atoms with Crippen molar-refractivity contribution in [2.24, 2.45) is 4.99 Å². The van der Waals surface area contributed by atoms with Crippen molar-refractivity contribution in [3.05, 3.63) is 72.1 Å². The zero-order valence-corrected chi connectivity index (χ0v) is 18.0. The SMILES string of the molecule is C=C1/C(=N\C=C(/C)F)OCc2cccnc2NC(=O)c2cnn3ccc(nc23)N2CCC[C@H]12. The lowest BCUT2D eigenvalue weighted by molar-refractivity contribution is 0.102. The summed E-state index contributed by atoms with van der Waals surface area (Å²) in [4.78, 5) is 28.4. The third kappa shape index (κ3) is 3.95. The van der Waals surface area contributed by atoms with Crippen LogP contribution in [0.5, 0.6) is 0 Å². The molecule has 0 aliphatic carbocycles. The molecule has 5 heterocycles. The largest absolute Gasteiger partial charge is 0.472 e. The molecule has 1 amide bonds. The second-order valence-corrected chi connectivity index (χ2v) is 7.89. The van der Waals surface area contributed by atoms with Gasteiger partial charge in [0.05, 0.1) is 18.4 Å². The Balaban J connectivity index is 1.66. The predicted molar refractivity (Wildman–Crippen MR) is 122 cm³/mol. The van der Waals surface area contributed by atoms with Crippen molar-refractivity contribution in [2.75, 3.05) is 16.8 Å². The molecule has 0 spiro atoms. The van der Waals surface area contributed by atoms with Gasteiger partial charge in [-0.2, -0.15) is 5.10 Å². The number of fused-ring (bicyclic) bond motifs is 4. The smallest absolute Gasteiger partial charge is 0.262 e. The number of hydrogen-bond acceptors (Lipinski definition) is 7. The number of carbonyl (C=O) groups excluding carboxylic acids is 1. The summed E-state index contributed by atoms with van der Waals surface area (Å²) in [6, 6.07) is 5.25. The number of nitrogens with one attached hydrogen (secondary N) is 1. The maximum atomic E-state index is 13.5. The van der Waals surface area contributed by atoms with Gasteiger partial charge < -0.3 is 15.0 Å². The molecular weight excluding hydrogens is 425 g/mol. The molecule has 33 heavy (non-hydrogen) atoms. The van der Waals surface area contributed by atoms with Gasteiger partial charge in [-0.3, -0.25) is 4.79 Å². The van der Waals surface area contributed by atoms with Gasteiger partial charge in [0, 0.05) is 30.1 Å². The number of ether oxygens (including phenoxy) is 1. The maximum absolute atomic E-state index is 13.5. The van der Waals surface area contributed by atoms with E-state index in [0.29, 0.717) is 34.0 Å². The van der Waals surface area contributed by atoms with E-state index in [2.05, 4.69) is 31.9 Å². The van der Waals surface area contributed by atoms with Crippen LogP contribution in [-0.4, -0.2) is 44.0 Å². The van der Waals surface area contributed by atoms with Crippen LogP contribution in [0.4, 0.5) is 16.0 Å². The Morgan fingerprint density at radius 2 is 2.30 bits per heavy atom. The number of allylic oxidation sites excluding steroid dienone is 1. The van der Waals surface area contributed by atoms with E-state index in [-0.39, 0.29) is 24.5 Å². The minimum atomic E-state index is -0.448. The molecule has 1 atom stereocenters. The number of amides is 1. The first-order chi connectivity index (χ1) is 16.0. The highest BCUT2D eigenvalue weighted by atomic mass is 19.1. The summed E-state index contributed by atoms with van der Waals surface area (Å²) < 4.78 is 21.0. The number of halogens is 1. The molecule has 2 aliphatic rings. The summed E-state index contributed by atoms with van der Waals surface area (Å²) in [5.41, 5.74) is 2.05. The van der Waals surface area contributed by atoms with E-state index in [1.54, 1.807) is 29.0 Å². The van der Waals surface area contributed by atoms with Crippen molar-refractivity contribution in [1.29, 1.82) is 0 Å². The lowest BCUT2D eigenvalue weighted by Gasteiger charge is -2.28. The number of anilines is 2. The van der Waals surface area contributed by atoms with Gasteiger partial charge in [-0.25, -0.2) is 23.9 Å². The van der Waals surface area contributed by atoms with Gasteiger partial charge in [-0.05, 0) is 31.9 Å². The van der Waals surface area contributed by atoms with Gasteiger partial charge in [-0.15, -0.1) is 0 Å². The van der Waals surface area contributed by atoms with Crippen LogP contribution in [0.25, 0.3) is 5.65 Å². The van der Waals surface area contributed by atoms with Crippen molar-refractivity contribution >= 4 is 29.1 Å². The maximum Gasteiger partial charge on any atom is 0.262 e. The number of nitrogens with zero attached hydrogens (tertiary/aromatic N) is 6. The Labute approximate surface area is 189 Å². The van der Waals surface area contributed by atoms with Crippen molar-refractivity contribution in [3.63, 3.8) is 0 Å². The second kappa shape index (κ2) is 8.45. The molecule has 2 bridgehead atoms. The normalized spacial score (nSPS) is 20.4. The van der Waals surface area contributed by atoms with E-state index in [4.69, 9.17) is 9.72 Å². The molecule has 10 heteroatoms. The number of carbonyl (C=O) groups is 1. The first-order valence-corrected chi connectivity index (χ1v) is 10.6. The van der Waals surface area contributed by atoms with E-state index >= 15 is 0 Å². The van der Waals surface area contributed by atoms with Crippen LogP contribution in [0.1, 0.15) is 35.7 Å². The fraction of sp³-hybridized carbons (Fsp3) is 0.261. The minimum absolute atomic E-state index is 0.0696. The molecule has 5 rings (SSSR count). The molecule has 9 nitrogen and oxygen atoms in total. The molecule has 1 N–H and O–H groups in total. The zero-order chi connectivity index (χ0) is 22.9. The van der Waals surface area contributed by atoms with E-state index in [1.165, 1.54) is 13.1 Å². The number of aliphatic imine (C=N–C) groups is 1. The molecule has 0 saturated carbocycles. The molecule has 2 aliphatic heterocycles. The molecule has 0 unspecified atom stereocenters. The first kappa shape index (κ1) is 20.8. The Kier molecular flexibility index (Phi) is 5.33. The van der Waals surface area contributed by atoms with Crippen LogP contribution in [0.15, 0.2) is 66.0 Å². The Bertz CT molecular complexity index is 1310. The third-order valence-corrected chi connectivity index (χ3v) is 5.67. The Morgan fingerprint density at radius 3 is 3.15 bits per heavy atom. The van der Waals surface area contributed by atoms with Crippen LogP contribution in [0, 0.1) is 0 Å². The van der Waals surface area contributed by atoms with E-state index < -0.39 is 5.83 Å². The highest BCUT2D eigenvalue weighted by Gasteiger charge is 2.32. The number of rotatable bonds is 1. The van der Waals surface area contributed by atoms with E-state index in [9.17, 15) is 9.18 Å². The summed E-state index contributed by atoms with van der Waals surface area (Å²) in [7, 11) is 0. The van der Waals surface area contributed by atoms with Crippen LogP contribution in [0.2, 0.25) is 0 Å². The molecule has 168 valence electrons. The van der Waals surface area contributed by atoms with Gasteiger partial charge >= 0.3 is 0 Å². The lowest BCUT2D eigenvalue weighted by atomic mass is 10.1. The molecule has 0 aromatic carbocycles. The molecule has 1 saturated heterocycles. The summed E-state index contributed by atoms with van der Waals surface area (Å²) in [6.45, 7) is 6.38. The van der Waals surface area contributed by atoms with Crippen LogP contribution < -0.4 is 10.2 Å². The zero-order valence-electron chi connectivity index (χ0n) is 18.0. The molecule has 3 aromatic heterocycles. The van der Waals surface area contributed by atoms with Crippen LogP contribution >= 0.6 is 0 Å². The highest BCUT2D eigenvalue weighted by molar-refractivity contribution is 6.08. The van der Waals surface area contributed by atoms with E-state index in [1.807, 2.05) is 6.07 Å². The van der Waals surface area contributed by atoms with Crippen LogP contribution in [0.3, 0.4) is 0 Å². The predicted octanol–water partition coefficient (Wildman–Crippen LogP) is 3.66. The highest BCUT2D eigenvalue weighted by Crippen LogP contribution is 2.30. The monoisotopic (exact) mass is 447 g/mol. The van der Waals surface area contributed by atoms with Crippen LogP contribution in [-0.2, 0) is 11.3 Å². The summed E-state index contributed by atoms with van der Waals surface area (Å²) in [6.07, 6.45) is 7.68. The topological polar surface area (TPSA) is 97.0 Å². The quantitative estimate of drug-likeness (QED) is 0.612. The standard InChI is InChI=1S/C23H22FN7O2/c1-14(24)11-26-23-15(2)18-6-4-9-30(18)19-7-10-31-21(28-19)17(12-27-31)22(32)29-20-16(13-33-23)5-3-8-25-20/h3,5,7-8,10-12,18H,2,4,6,9,13H2,1H3,(H,25,29,32)/b14-11+,26-23+/t18-/m1/s1. The summed E-state index contributed by atoms with van der Waals surface area (Å²) in [5.74, 6) is 0.441. The van der Waals surface area contributed by atoms with Gasteiger partial charge in [-0.1, -0.05) is 12.6 Å². The van der Waals surface area contributed by atoms with Crippen molar-refractivity contribution < 1.29 is 13.9 Å².